The lowest BCUT2D eigenvalue weighted by molar-refractivity contribution is -0.383. The number of fused-ring (bicyclic) bond motifs is 1. The number of nitrogens with two attached hydrogens (primary N) is 1. The van der Waals surface area contributed by atoms with Crippen molar-refractivity contribution in [2.75, 3.05) is 5.73 Å². The molecule has 0 aliphatic carbocycles. The monoisotopic (exact) mass is 212 g/mol. The molecule has 0 atom stereocenters. The predicted molar refractivity (Wildman–Crippen MR) is 52.2 cm³/mol. The Kier molecular flexibility index (Phi) is 1.78. The van der Waals surface area contributed by atoms with Gasteiger partial charge in [-0.05, 0) is 0 Å². The van der Waals surface area contributed by atoms with Crippen LogP contribution in [0.25, 0.3) is 10.9 Å². The van der Waals surface area contributed by atoms with E-state index in [2.05, 4.69) is 10.2 Å². The molecule has 0 unspecified atom stereocenters. The fraction of sp³-hybridized carbons (Fsp3) is 0. The van der Waals surface area contributed by atoms with Crippen molar-refractivity contribution in [2.45, 2.75) is 0 Å². The van der Waals surface area contributed by atoms with Crippen LogP contribution in [0.5, 0.6) is 0 Å². The fourth-order valence-electron chi connectivity index (χ4n) is 1.23. The van der Waals surface area contributed by atoms with Crippen LogP contribution in [0.15, 0.2) is 12.3 Å². The van der Waals surface area contributed by atoms with Crippen molar-refractivity contribution in [1.82, 2.24) is 10.2 Å². The van der Waals surface area contributed by atoms with Crippen molar-refractivity contribution < 1.29 is 4.92 Å². The van der Waals surface area contributed by atoms with E-state index < -0.39 is 4.92 Å². The number of nitrogens with zero attached hydrogens (tertiary/aromatic N) is 2. The van der Waals surface area contributed by atoms with Crippen molar-refractivity contribution in [3.05, 3.63) is 27.4 Å². The van der Waals surface area contributed by atoms with Crippen molar-refractivity contribution in [1.29, 1.82) is 0 Å². The highest BCUT2D eigenvalue weighted by Gasteiger charge is 2.18. The van der Waals surface area contributed by atoms with E-state index in [1.54, 1.807) is 0 Å². The Bertz CT molecular complexity index is 522. The summed E-state index contributed by atoms with van der Waals surface area (Å²) in [5, 5.41) is 17.7. The highest BCUT2D eigenvalue weighted by atomic mass is 35.5. The molecule has 0 amide bonds. The Morgan fingerprint density at radius 2 is 2.36 bits per heavy atom. The van der Waals surface area contributed by atoms with Gasteiger partial charge in [0.2, 0.25) is 0 Å². The average Bonchev–Trinajstić information content (AvgIpc) is 2.59. The number of H-pyrrole nitrogens is 1. The SMILES string of the molecule is Nc1c([N+](=O)[O-])cc(Cl)c2cn[nH]c12. The summed E-state index contributed by atoms with van der Waals surface area (Å²) in [6.45, 7) is 0. The standard InChI is InChI=1S/C7H5ClN4O2/c8-4-1-5(12(13)14)6(9)7-3(4)2-10-11-7/h1-2H,9H2,(H,10,11). The van der Waals surface area contributed by atoms with Gasteiger partial charge in [-0.3, -0.25) is 15.2 Å². The molecule has 0 aliphatic heterocycles. The van der Waals surface area contributed by atoms with Crippen LogP contribution in [-0.4, -0.2) is 15.1 Å². The number of aromatic nitrogens is 2. The van der Waals surface area contributed by atoms with Gasteiger partial charge >= 0.3 is 0 Å². The van der Waals surface area contributed by atoms with Gasteiger partial charge in [-0.2, -0.15) is 5.10 Å². The molecule has 0 saturated heterocycles. The number of benzene rings is 1. The van der Waals surface area contributed by atoms with E-state index in [0.29, 0.717) is 10.9 Å². The summed E-state index contributed by atoms with van der Waals surface area (Å²) < 4.78 is 0. The number of hydrogen-bond acceptors (Lipinski definition) is 4. The Balaban J connectivity index is 2.88. The highest BCUT2D eigenvalue weighted by molar-refractivity contribution is 6.36. The van der Waals surface area contributed by atoms with Crippen molar-refractivity contribution in [3.8, 4) is 0 Å². The van der Waals surface area contributed by atoms with Crippen molar-refractivity contribution in [3.63, 3.8) is 0 Å². The van der Waals surface area contributed by atoms with Gasteiger partial charge in [0.25, 0.3) is 5.69 Å². The van der Waals surface area contributed by atoms with E-state index in [-0.39, 0.29) is 16.4 Å². The first-order chi connectivity index (χ1) is 6.61. The molecule has 1 heterocycles. The van der Waals surface area contributed by atoms with Gasteiger partial charge in [-0.1, -0.05) is 11.6 Å². The van der Waals surface area contributed by atoms with Crippen LogP contribution < -0.4 is 5.73 Å². The first kappa shape index (κ1) is 8.76. The van der Waals surface area contributed by atoms with E-state index >= 15 is 0 Å². The zero-order valence-corrected chi connectivity index (χ0v) is 7.58. The van der Waals surface area contributed by atoms with E-state index in [9.17, 15) is 10.1 Å². The molecular weight excluding hydrogens is 208 g/mol. The number of halogens is 1. The maximum Gasteiger partial charge on any atom is 0.295 e. The van der Waals surface area contributed by atoms with Gasteiger partial charge in [0.1, 0.15) is 5.69 Å². The summed E-state index contributed by atoms with van der Waals surface area (Å²) in [5.41, 5.74) is 5.79. The molecule has 0 bridgehead atoms. The number of nitrogens with one attached hydrogen (secondary N) is 1. The summed E-state index contributed by atoms with van der Waals surface area (Å²) >= 11 is 5.80. The van der Waals surface area contributed by atoms with E-state index in [0.717, 1.165) is 0 Å². The molecule has 2 aromatic rings. The minimum Gasteiger partial charge on any atom is -0.391 e. The molecule has 0 saturated carbocycles. The molecule has 3 N–H and O–H groups in total. The molecular formula is C7H5ClN4O2. The Morgan fingerprint density at radius 1 is 1.64 bits per heavy atom. The molecule has 2 rings (SSSR count). The maximum atomic E-state index is 10.6. The van der Waals surface area contributed by atoms with E-state index in [1.807, 2.05) is 0 Å². The number of aromatic amines is 1. The molecule has 72 valence electrons. The average molecular weight is 213 g/mol. The number of hydrogen-bond donors (Lipinski definition) is 2. The van der Waals surface area contributed by atoms with Crippen LogP contribution in [0.4, 0.5) is 11.4 Å². The summed E-state index contributed by atoms with van der Waals surface area (Å²) in [7, 11) is 0. The molecule has 0 spiro atoms. The Hall–Kier alpha value is -1.82. The second-order valence-electron chi connectivity index (χ2n) is 2.71. The normalized spacial score (nSPS) is 10.6. The van der Waals surface area contributed by atoms with Crippen LogP contribution in [0, 0.1) is 10.1 Å². The summed E-state index contributed by atoms with van der Waals surface area (Å²) in [4.78, 5) is 9.99. The number of rotatable bonds is 1. The van der Waals surface area contributed by atoms with Crippen LogP contribution in [0.3, 0.4) is 0 Å². The van der Waals surface area contributed by atoms with E-state index in [4.69, 9.17) is 17.3 Å². The van der Waals surface area contributed by atoms with Crippen molar-refractivity contribution >= 4 is 33.9 Å². The van der Waals surface area contributed by atoms with Crippen LogP contribution in [0.1, 0.15) is 0 Å². The topological polar surface area (TPSA) is 97.8 Å². The fourth-order valence-corrected chi connectivity index (χ4v) is 1.47. The molecule has 1 aromatic carbocycles. The van der Waals surface area contributed by atoms with E-state index in [1.165, 1.54) is 12.3 Å². The molecule has 14 heavy (non-hydrogen) atoms. The number of nitro benzene ring substituents is 1. The van der Waals surface area contributed by atoms with Crippen LogP contribution in [-0.2, 0) is 0 Å². The first-order valence-corrected chi connectivity index (χ1v) is 4.04. The minimum absolute atomic E-state index is 0.0481. The Morgan fingerprint density at radius 3 is 3.00 bits per heavy atom. The predicted octanol–water partition coefficient (Wildman–Crippen LogP) is 1.71. The third-order valence-electron chi connectivity index (χ3n) is 1.90. The van der Waals surface area contributed by atoms with Gasteiger partial charge < -0.3 is 5.73 Å². The lowest BCUT2D eigenvalue weighted by atomic mass is 10.2. The molecule has 7 heteroatoms. The van der Waals surface area contributed by atoms with Gasteiger partial charge in [-0.15, -0.1) is 0 Å². The van der Waals surface area contributed by atoms with Crippen molar-refractivity contribution in [2.24, 2.45) is 0 Å². The maximum absolute atomic E-state index is 10.6. The number of anilines is 1. The molecule has 0 radical (unpaired) electrons. The quantitative estimate of drug-likeness (QED) is 0.427. The summed E-state index contributed by atoms with van der Waals surface area (Å²) in [6.07, 6.45) is 1.47. The highest BCUT2D eigenvalue weighted by Crippen LogP contribution is 2.34. The zero-order chi connectivity index (χ0) is 10.3. The second-order valence-corrected chi connectivity index (χ2v) is 3.11. The zero-order valence-electron chi connectivity index (χ0n) is 6.82. The number of nitrogen functional groups attached to an aromatic ring is 1. The summed E-state index contributed by atoms with van der Waals surface area (Å²) in [6, 6.07) is 1.22. The van der Waals surface area contributed by atoms with Gasteiger partial charge in [0.15, 0.2) is 0 Å². The number of nitro groups is 1. The molecule has 0 aliphatic rings. The smallest absolute Gasteiger partial charge is 0.295 e. The van der Waals surface area contributed by atoms with Crippen LogP contribution in [0.2, 0.25) is 5.02 Å². The lowest BCUT2D eigenvalue weighted by Gasteiger charge is -1.99. The van der Waals surface area contributed by atoms with Gasteiger partial charge in [-0.25, -0.2) is 0 Å². The van der Waals surface area contributed by atoms with Gasteiger partial charge in [0, 0.05) is 11.5 Å². The first-order valence-electron chi connectivity index (χ1n) is 3.66. The van der Waals surface area contributed by atoms with Gasteiger partial charge in [0.05, 0.1) is 21.7 Å². The Labute approximate surface area is 82.8 Å². The largest absolute Gasteiger partial charge is 0.391 e. The molecule has 6 nitrogen and oxygen atoms in total. The lowest BCUT2D eigenvalue weighted by Crippen LogP contribution is -1.96. The second kappa shape index (κ2) is 2.85. The minimum atomic E-state index is -0.582. The molecule has 1 aromatic heterocycles. The third kappa shape index (κ3) is 1.08. The van der Waals surface area contributed by atoms with Crippen LogP contribution >= 0.6 is 11.6 Å². The third-order valence-corrected chi connectivity index (χ3v) is 2.21. The molecule has 0 fully saturated rings. The summed E-state index contributed by atoms with van der Waals surface area (Å²) in [5.74, 6) is 0.